The molecule has 0 bridgehead atoms. The normalized spacial score (nSPS) is 11.9. The zero-order chi connectivity index (χ0) is 17.6. The third-order valence-electron chi connectivity index (χ3n) is 4.60. The fraction of sp³-hybridized carbons (Fsp3) is 1.00. The second-order valence-corrected chi connectivity index (χ2v) is 7.24. The van der Waals surface area contributed by atoms with E-state index in [0.29, 0.717) is 0 Å². The topological polar surface area (TPSA) is 20.2 Å². The Morgan fingerprint density at radius 3 is 1.09 bits per heavy atom. The third-order valence-corrected chi connectivity index (χ3v) is 4.60. The highest BCUT2D eigenvalue weighted by Crippen LogP contribution is 2.18. The van der Waals surface area contributed by atoms with Gasteiger partial charge in [-0.05, 0) is 12.8 Å². The Bertz CT molecular complexity index is 179. The van der Waals surface area contributed by atoms with Gasteiger partial charge >= 0.3 is 0 Å². The van der Waals surface area contributed by atoms with Crippen LogP contribution in [0.5, 0.6) is 0 Å². The lowest BCUT2D eigenvalue weighted by atomic mass is 9.96. The molecule has 0 amide bonds. The van der Waals surface area contributed by atoms with Crippen molar-refractivity contribution in [3.8, 4) is 0 Å². The van der Waals surface area contributed by atoms with E-state index in [2.05, 4.69) is 20.8 Å². The zero-order valence-electron chi connectivity index (χ0n) is 17.0. The molecule has 0 aliphatic rings. The van der Waals surface area contributed by atoms with Crippen LogP contribution in [-0.2, 0) is 0 Å². The summed E-state index contributed by atoms with van der Waals surface area (Å²) < 4.78 is 0. The average Bonchev–Trinajstić information content (AvgIpc) is 2.54. The van der Waals surface area contributed by atoms with Crippen molar-refractivity contribution in [3.63, 3.8) is 0 Å². The van der Waals surface area contributed by atoms with Crippen molar-refractivity contribution in [2.75, 3.05) is 6.61 Å². The first kappa shape index (κ1) is 25.2. The van der Waals surface area contributed by atoms with E-state index in [1.54, 1.807) is 6.92 Å². The second-order valence-electron chi connectivity index (χ2n) is 7.24. The first-order valence-electron chi connectivity index (χ1n) is 10.8. The highest BCUT2D eigenvalue weighted by atomic mass is 16.2. The standard InChI is InChI=1S/C20H42.C2H6O/c1-4-6-8-10-12-13-15-17-19-20(3)18-16-14-11-9-7-5-2;1-2-3/h20H,4-19H2,1-3H3;3H,2H2,1H3. The minimum Gasteiger partial charge on any atom is -0.397 e. The molecule has 0 heterocycles. The molecule has 1 atom stereocenters. The summed E-state index contributed by atoms with van der Waals surface area (Å²) in [6, 6.07) is 0. The van der Waals surface area contributed by atoms with Crippen LogP contribution < -0.4 is 0 Å². The molecule has 0 rings (SSSR count). The molecular formula is C22H48O. The van der Waals surface area contributed by atoms with Crippen LogP contribution in [0.3, 0.4) is 0 Å². The van der Waals surface area contributed by atoms with E-state index in [1.165, 1.54) is 103 Å². The number of unbranched alkanes of at least 4 members (excludes halogenated alkanes) is 12. The summed E-state index contributed by atoms with van der Waals surface area (Å²) >= 11 is 0. The maximum Gasteiger partial charge on any atom is 0.0402 e. The third kappa shape index (κ3) is 27.1. The van der Waals surface area contributed by atoms with Gasteiger partial charge in [-0.15, -0.1) is 0 Å². The summed E-state index contributed by atoms with van der Waals surface area (Å²) in [5.74, 6) is 0.973. The van der Waals surface area contributed by atoms with Crippen LogP contribution in [0.25, 0.3) is 0 Å². The minimum atomic E-state index is 0.250. The summed E-state index contributed by atoms with van der Waals surface area (Å²) in [7, 11) is 0. The number of hydrogen-bond donors (Lipinski definition) is 1. The van der Waals surface area contributed by atoms with Crippen LogP contribution in [0.1, 0.15) is 130 Å². The summed E-state index contributed by atoms with van der Waals surface area (Å²) in [5.41, 5.74) is 0. The Hall–Kier alpha value is -0.0400. The van der Waals surface area contributed by atoms with Crippen molar-refractivity contribution in [1.29, 1.82) is 0 Å². The molecule has 1 heteroatoms. The van der Waals surface area contributed by atoms with E-state index in [4.69, 9.17) is 5.11 Å². The van der Waals surface area contributed by atoms with Gasteiger partial charge in [-0.2, -0.15) is 0 Å². The van der Waals surface area contributed by atoms with Crippen LogP contribution >= 0.6 is 0 Å². The summed E-state index contributed by atoms with van der Waals surface area (Å²) in [4.78, 5) is 0. The van der Waals surface area contributed by atoms with Crippen molar-refractivity contribution in [3.05, 3.63) is 0 Å². The molecule has 1 nitrogen and oxygen atoms in total. The molecule has 23 heavy (non-hydrogen) atoms. The number of aliphatic hydroxyl groups is 1. The van der Waals surface area contributed by atoms with Crippen LogP contribution in [0, 0.1) is 5.92 Å². The molecule has 142 valence electrons. The maximum absolute atomic E-state index is 7.57. The van der Waals surface area contributed by atoms with Crippen LogP contribution in [-0.4, -0.2) is 11.7 Å². The van der Waals surface area contributed by atoms with Crippen molar-refractivity contribution in [2.45, 2.75) is 130 Å². The molecule has 0 saturated carbocycles. The maximum atomic E-state index is 7.57. The first-order chi connectivity index (χ1) is 11.2. The Labute approximate surface area is 148 Å². The van der Waals surface area contributed by atoms with E-state index in [0.717, 1.165) is 5.92 Å². The van der Waals surface area contributed by atoms with Crippen molar-refractivity contribution in [2.24, 2.45) is 5.92 Å². The molecule has 0 aliphatic carbocycles. The Balaban J connectivity index is 0. The van der Waals surface area contributed by atoms with Gasteiger partial charge in [0.05, 0.1) is 0 Å². The van der Waals surface area contributed by atoms with Crippen molar-refractivity contribution >= 4 is 0 Å². The smallest absolute Gasteiger partial charge is 0.0402 e. The lowest BCUT2D eigenvalue weighted by Crippen LogP contribution is -1.95. The molecule has 1 unspecified atom stereocenters. The van der Waals surface area contributed by atoms with Gasteiger partial charge in [-0.3, -0.25) is 0 Å². The molecule has 0 aromatic heterocycles. The summed E-state index contributed by atoms with van der Waals surface area (Å²) in [6.07, 6.45) is 23.3. The Morgan fingerprint density at radius 1 is 0.522 bits per heavy atom. The highest BCUT2D eigenvalue weighted by Gasteiger charge is 2.02. The second kappa shape index (κ2) is 24.2. The first-order valence-corrected chi connectivity index (χ1v) is 10.8. The molecule has 0 aliphatic heterocycles. The SMILES string of the molecule is CCCCCCCCCCC(C)CCCCCCCC.CCO. The molecule has 1 N–H and O–H groups in total. The minimum absolute atomic E-state index is 0.250. The fourth-order valence-corrected chi connectivity index (χ4v) is 3.04. The lowest BCUT2D eigenvalue weighted by molar-refractivity contribution is 0.318. The van der Waals surface area contributed by atoms with E-state index in [9.17, 15) is 0 Å². The van der Waals surface area contributed by atoms with Crippen LogP contribution in [0.4, 0.5) is 0 Å². The predicted octanol–water partition coefficient (Wildman–Crippen LogP) is 7.90. The van der Waals surface area contributed by atoms with Gasteiger partial charge in [-0.25, -0.2) is 0 Å². The monoisotopic (exact) mass is 328 g/mol. The van der Waals surface area contributed by atoms with Crippen molar-refractivity contribution in [1.82, 2.24) is 0 Å². The molecule has 0 aromatic carbocycles. The van der Waals surface area contributed by atoms with Gasteiger partial charge in [0, 0.05) is 6.61 Å². The largest absolute Gasteiger partial charge is 0.397 e. The van der Waals surface area contributed by atoms with E-state index >= 15 is 0 Å². The van der Waals surface area contributed by atoms with E-state index < -0.39 is 0 Å². The number of rotatable bonds is 16. The summed E-state index contributed by atoms with van der Waals surface area (Å²) in [5, 5.41) is 7.57. The van der Waals surface area contributed by atoms with Gasteiger partial charge in [0.15, 0.2) is 0 Å². The van der Waals surface area contributed by atoms with E-state index in [1.807, 2.05) is 0 Å². The number of aliphatic hydroxyl groups excluding tert-OH is 1. The van der Waals surface area contributed by atoms with E-state index in [-0.39, 0.29) is 6.61 Å². The van der Waals surface area contributed by atoms with Crippen LogP contribution in [0.15, 0.2) is 0 Å². The Morgan fingerprint density at radius 2 is 0.783 bits per heavy atom. The lowest BCUT2D eigenvalue weighted by Gasteiger charge is -2.11. The molecule has 0 fully saturated rings. The van der Waals surface area contributed by atoms with Crippen molar-refractivity contribution < 1.29 is 5.11 Å². The zero-order valence-corrected chi connectivity index (χ0v) is 17.0. The molecule has 0 radical (unpaired) electrons. The van der Waals surface area contributed by atoms with Gasteiger partial charge < -0.3 is 5.11 Å². The highest BCUT2D eigenvalue weighted by molar-refractivity contribution is 4.55. The van der Waals surface area contributed by atoms with Crippen LogP contribution in [0.2, 0.25) is 0 Å². The molecule has 0 aromatic rings. The predicted molar refractivity (Wildman–Crippen MR) is 107 cm³/mol. The molecule has 0 saturated heterocycles. The summed E-state index contributed by atoms with van der Waals surface area (Å²) in [6.45, 7) is 8.99. The van der Waals surface area contributed by atoms with Gasteiger partial charge in [0.25, 0.3) is 0 Å². The fourth-order valence-electron chi connectivity index (χ4n) is 3.04. The quantitative estimate of drug-likeness (QED) is 0.285. The Kier molecular flexibility index (Phi) is 26.5. The van der Waals surface area contributed by atoms with Gasteiger partial charge in [-0.1, -0.05) is 124 Å². The molecule has 0 spiro atoms. The average molecular weight is 329 g/mol. The van der Waals surface area contributed by atoms with Gasteiger partial charge in [0.1, 0.15) is 0 Å². The molecular weight excluding hydrogens is 280 g/mol. The van der Waals surface area contributed by atoms with Gasteiger partial charge in [0.2, 0.25) is 0 Å². The number of hydrogen-bond acceptors (Lipinski definition) is 1.